The first-order valence-corrected chi connectivity index (χ1v) is 9.62. The van der Waals surface area contributed by atoms with Gasteiger partial charge in [0, 0.05) is 30.2 Å². The second kappa shape index (κ2) is 8.99. The topological polar surface area (TPSA) is 72.7 Å². The van der Waals surface area contributed by atoms with Gasteiger partial charge in [-0.25, -0.2) is 4.39 Å². The molecule has 3 rings (SSSR count). The molecule has 0 unspecified atom stereocenters. The second-order valence-electron chi connectivity index (χ2n) is 5.82. The van der Waals surface area contributed by atoms with Crippen molar-refractivity contribution in [2.75, 3.05) is 5.32 Å². The molecular formula is C19H17ClFN5OS. The van der Waals surface area contributed by atoms with Gasteiger partial charge in [0.05, 0.1) is 10.3 Å². The van der Waals surface area contributed by atoms with Gasteiger partial charge < -0.3 is 5.32 Å². The molecule has 3 aromatic rings. The molecule has 28 heavy (non-hydrogen) atoms. The lowest BCUT2D eigenvalue weighted by molar-refractivity contribution is -0.115. The second-order valence-corrected chi connectivity index (χ2v) is 7.53. The minimum absolute atomic E-state index is 0.0502. The van der Waals surface area contributed by atoms with E-state index in [0.717, 1.165) is 5.56 Å². The first-order valence-electron chi connectivity index (χ1n) is 8.36. The number of allylic oxidation sites excluding steroid dienone is 1. The molecule has 1 aromatic carbocycles. The highest BCUT2D eigenvalue weighted by Crippen LogP contribution is 2.27. The van der Waals surface area contributed by atoms with E-state index in [9.17, 15) is 9.18 Å². The molecule has 0 fully saturated rings. The lowest BCUT2D eigenvalue weighted by atomic mass is 10.2. The lowest BCUT2D eigenvalue weighted by Crippen LogP contribution is -2.23. The van der Waals surface area contributed by atoms with Crippen LogP contribution in [0.1, 0.15) is 6.92 Å². The summed E-state index contributed by atoms with van der Waals surface area (Å²) in [7, 11) is 0. The summed E-state index contributed by atoms with van der Waals surface area (Å²) in [6.45, 7) is 6.03. The molecule has 0 spiro atoms. The van der Waals surface area contributed by atoms with E-state index in [1.165, 1.54) is 30.0 Å². The number of thioether (sulfide) groups is 1. The maximum absolute atomic E-state index is 13.3. The zero-order valence-electron chi connectivity index (χ0n) is 15.0. The average molecular weight is 418 g/mol. The molecule has 6 nitrogen and oxygen atoms in total. The molecule has 0 saturated carbocycles. The third-order valence-electron chi connectivity index (χ3n) is 3.81. The standard InChI is InChI=1S/C19H17ClFN5OS/c1-3-10-26-17(13-6-8-22-9-7-13)24-25-19(26)28-12(2)18(27)23-14-4-5-16(21)15(20)11-14/h3-9,11-12H,1,10H2,2H3,(H,23,27)/t12-/m1/s1. The SMILES string of the molecule is C=CCn1c(S[C@H](C)C(=O)Nc2ccc(F)c(Cl)c2)nnc1-c1ccncc1. The van der Waals surface area contributed by atoms with Crippen molar-refractivity contribution in [1.29, 1.82) is 0 Å². The number of nitrogens with zero attached hydrogens (tertiary/aromatic N) is 4. The smallest absolute Gasteiger partial charge is 0.237 e. The summed E-state index contributed by atoms with van der Waals surface area (Å²) < 4.78 is 15.1. The molecule has 2 heterocycles. The Kier molecular flexibility index (Phi) is 6.43. The number of benzene rings is 1. The van der Waals surface area contributed by atoms with Crippen molar-refractivity contribution in [3.8, 4) is 11.4 Å². The minimum atomic E-state index is -0.539. The zero-order valence-corrected chi connectivity index (χ0v) is 16.5. The van der Waals surface area contributed by atoms with Gasteiger partial charge in [-0.15, -0.1) is 16.8 Å². The number of pyridine rings is 1. The molecule has 1 amide bonds. The van der Waals surface area contributed by atoms with Gasteiger partial charge >= 0.3 is 0 Å². The van der Waals surface area contributed by atoms with Crippen LogP contribution in [0.15, 0.2) is 60.5 Å². The number of carbonyl (C=O) groups excluding carboxylic acids is 1. The molecule has 0 bridgehead atoms. The number of hydrogen-bond donors (Lipinski definition) is 1. The third-order valence-corrected chi connectivity index (χ3v) is 5.18. The fraction of sp³-hybridized carbons (Fsp3) is 0.158. The largest absolute Gasteiger partial charge is 0.325 e. The quantitative estimate of drug-likeness (QED) is 0.454. The van der Waals surface area contributed by atoms with Crippen LogP contribution in [0.4, 0.5) is 10.1 Å². The Morgan fingerprint density at radius 1 is 1.36 bits per heavy atom. The molecule has 0 aliphatic rings. The molecule has 1 N–H and O–H groups in total. The zero-order chi connectivity index (χ0) is 20.1. The molecule has 9 heteroatoms. The molecule has 2 aromatic heterocycles. The third kappa shape index (κ3) is 4.58. The van der Waals surface area contributed by atoms with Crippen LogP contribution in [-0.2, 0) is 11.3 Å². The normalized spacial score (nSPS) is 11.8. The summed E-state index contributed by atoms with van der Waals surface area (Å²) in [5.41, 5.74) is 1.29. The molecule has 0 aliphatic carbocycles. The van der Waals surface area contributed by atoms with E-state index in [4.69, 9.17) is 11.6 Å². The Morgan fingerprint density at radius 3 is 2.79 bits per heavy atom. The lowest BCUT2D eigenvalue weighted by Gasteiger charge is -2.13. The highest BCUT2D eigenvalue weighted by molar-refractivity contribution is 8.00. The predicted octanol–water partition coefficient (Wildman–Crippen LogP) is 4.44. The molecule has 0 radical (unpaired) electrons. The van der Waals surface area contributed by atoms with Gasteiger partial charge in [0.1, 0.15) is 5.82 Å². The number of amides is 1. The molecule has 0 saturated heterocycles. The van der Waals surface area contributed by atoms with E-state index < -0.39 is 11.1 Å². The van der Waals surface area contributed by atoms with Crippen LogP contribution in [0.25, 0.3) is 11.4 Å². The number of aromatic nitrogens is 4. The summed E-state index contributed by atoms with van der Waals surface area (Å²) >= 11 is 7.02. The van der Waals surface area contributed by atoms with Gasteiger partial charge in [0.25, 0.3) is 0 Å². The predicted molar refractivity (Wildman–Crippen MR) is 109 cm³/mol. The molecule has 1 atom stereocenters. The molecule has 144 valence electrons. The van der Waals surface area contributed by atoms with Crippen molar-refractivity contribution in [3.63, 3.8) is 0 Å². The van der Waals surface area contributed by atoms with Gasteiger partial charge in [0.15, 0.2) is 11.0 Å². The van der Waals surface area contributed by atoms with Gasteiger partial charge in [-0.3, -0.25) is 14.3 Å². The van der Waals surface area contributed by atoms with Crippen molar-refractivity contribution < 1.29 is 9.18 Å². The number of hydrogen-bond acceptors (Lipinski definition) is 5. The summed E-state index contributed by atoms with van der Waals surface area (Å²) in [6.07, 6.45) is 5.10. The van der Waals surface area contributed by atoms with Crippen LogP contribution >= 0.6 is 23.4 Å². The first-order chi connectivity index (χ1) is 13.5. The summed E-state index contributed by atoms with van der Waals surface area (Å²) in [6, 6.07) is 7.71. The summed E-state index contributed by atoms with van der Waals surface area (Å²) in [4.78, 5) is 16.5. The summed E-state index contributed by atoms with van der Waals surface area (Å²) in [5, 5.41) is 11.3. The van der Waals surface area contributed by atoms with E-state index in [0.29, 0.717) is 23.2 Å². The van der Waals surface area contributed by atoms with Crippen molar-refractivity contribution in [1.82, 2.24) is 19.7 Å². The van der Waals surface area contributed by atoms with E-state index in [-0.39, 0.29) is 10.9 Å². The van der Waals surface area contributed by atoms with Crippen LogP contribution in [0.5, 0.6) is 0 Å². The number of anilines is 1. The van der Waals surface area contributed by atoms with Crippen LogP contribution in [0.2, 0.25) is 5.02 Å². The number of rotatable bonds is 7. The number of nitrogens with one attached hydrogen (secondary N) is 1. The fourth-order valence-electron chi connectivity index (χ4n) is 2.41. The van der Waals surface area contributed by atoms with Crippen LogP contribution in [0.3, 0.4) is 0 Å². The summed E-state index contributed by atoms with van der Waals surface area (Å²) in [5.74, 6) is -0.128. The maximum atomic E-state index is 13.3. The number of carbonyl (C=O) groups is 1. The Morgan fingerprint density at radius 2 is 2.11 bits per heavy atom. The fourth-order valence-corrected chi connectivity index (χ4v) is 3.45. The Balaban J connectivity index is 1.76. The van der Waals surface area contributed by atoms with E-state index >= 15 is 0 Å². The average Bonchev–Trinajstić information content (AvgIpc) is 3.08. The van der Waals surface area contributed by atoms with E-state index in [1.807, 2.05) is 16.7 Å². The van der Waals surface area contributed by atoms with Crippen molar-refractivity contribution in [2.24, 2.45) is 0 Å². The number of halogens is 2. The Bertz CT molecular complexity index is 995. The molecular weight excluding hydrogens is 401 g/mol. The van der Waals surface area contributed by atoms with Gasteiger partial charge in [-0.1, -0.05) is 29.4 Å². The van der Waals surface area contributed by atoms with E-state index in [2.05, 4.69) is 27.1 Å². The van der Waals surface area contributed by atoms with Crippen LogP contribution in [0, 0.1) is 5.82 Å². The Hall–Kier alpha value is -2.71. The Labute approximate surface area is 170 Å². The maximum Gasteiger partial charge on any atom is 0.237 e. The van der Waals surface area contributed by atoms with Gasteiger partial charge in [0.2, 0.25) is 5.91 Å². The van der Waals surface area contributed by atoms with Crippen LogP contribution in [-0.4, -0.2) is 30.9 Å². The highest BCUT2D eigenvalue weighted by atomic mass is 35.5. The van der Waals surface area contributed by atoms with E-state index in [1.54, 1.807) is 25.4 Å². The van der Waals surface area contributed by atoms with Crippen molar-refractivity contribution in [2.45, 2.75) is 23.9 Å². The highest BCUT2D eigenvalue weighted by Gasteiger charge is 2.21. The minimum Gasteiger partial charge on any atom is -0.325 e. The van der Waals surface area contributed by atoms with Gasteiger partial charge in [-0.05, 0) is 37.3 Å². The van der Waals surface area contributed by atoms with Crippen molar-refractivity contribution >= 4 is 35.0 Å². The van der Waals surface area contributed by atoms with Crippen LogP contribution < -0.4 is 5.32 Å². The first kappa shape index (κ1) is 20.0. The van der Waals surface area contributed by atoms with Gasteiger partial charge in [-0.2, -0.15) is 0 Å². The monoisotopic (exact) mass is 417 g/mol. The van der Waals surface area contributed by atoms with Crippen molar-refractivity contribution in [3.05, 3.63) is 66.2 Å². The molecule has 0 aliphatic heterocycles.